The number of hydrogen-bond acceptors (Lipinski definition) is 6. The Kier molecular flexibility index (Phi) is 5.38. The number of rotatable bonds is 6. The van der Waals surface area contributed by atoms with Gasteiger partial charge < -0.3 is 5.73 Å². The molecular weight excluding hydrogens is 348 g/mol. The molecule has 27 heavy (non-hydrogen) atoms. The molecular formula is C19H24N4O4. The van der Waals surface area contributed by atoms with E-state index in [0.717, 1.165) is 17.0 Å². The fourth-order valence-corrected chi connectivity index (χ4v) is 3.67. The quantitative estimate of drug-likeness (QED) is 0.693. The van der Waals surface area contributed by atoms with Crippen LogP contribution in [-0.4, -0.2) is 58.6 Å². The predicted octanol–water partition coefficient (Wildman–Crippen LogP) is 0.257. The van der Waals surface area contributed by atoms with Crippen molar-refractivity contribution in [1.82, 2.24) is 15.1 Å². The summed E-state index contributed by atoms with van der Waals surface area (Å²) in [6, 6.07) is 4.20. The molecule has 2 heterocycles. The summed E-state index contributed by atoms with van der Waals surface area (Å²) in [5.74, 6) is -1.95. The molecule has 4 amide bonds. The van der Waals surface area contributed by atoms with Crippen LogP contribution in [0.1, 0.15) is 53.0 Å². The lowest BCUT2D eigenvalue weighted by Crippen LogP contribution is -2.54. The average molecular weight is 372 g/mol. The Balaban J connectivity index is 1.90. The lowest BCUT2D eigenvalue weighted by Gasteiger charge is -2.28. The molecule has 2 atom stereocenters. The molecule has 3 rings (SSSR count). The number of fused-ring (bicyclic) bond motifs is 1. The second kappa shape index (κ2) is 7.58. The highest BCUT2D eigenvalue weighted by molar-refractivity contribution is 6.24. The monoisotopic (exact) mass is 372 g/mol. The number of nitrogens with one attached hydrogen (secondary N) is 1. The fraction of sp³-hybridized carbons (Fsp3) is 0.474. The van der Waals surface area contributed by atoms with Gasteiger partial charge in [0.05, 0.1) is 11.1 Å². The highest BCUT2D eigenvalue weighted by Gasteiger charge is 2.45. The van der Waals surface area contributed by atoms with E-state index in [9.17, 15) is 19.2 Å². The van der Waals surface area contributed by atoms with Crippen LogP contribution >= 0.6 is 0 Å². The first-order chi connectivity index (χ1) is 12.8. The molecule has 0 radical (unpaired) electrons. The third kappa shape index (κ3) is 3.63. The van der Waals surface area contributed by atoms with Gasteiger partial charge in [0, 0.05) is 25.6 Å². The highest BCUT2D eigenvalue weighted by Crippen LogP contribution is 2.30. The van der Waals surface area contributed by atoms with Crippen molar-refractivity contribution in [2.75, 3.05) is 13.1 Å². The number of carbonyl (C=O) groups excluding carboxylic acids is 4. The van der Waals surface area contributed by atoms with E-state index in [-0.39, 0.29) is 24.8 Å². The zero-order chi connectivity index (χ0) is 19.7. The molecule has 1 unspecified atom stereocenters. The zero-order valence-electron chi connectivity index (χ0n) is 15.5. The minimum absolute atomic E-state index is 0.0148. The summed E-state index contributed by atoms with van der Waals surface area (Å²) in [6.45, 7) is 5.83. The summed E-state index contributed by atoms with van der Waals surface area (Å²) in [6.07, 6.45) is 0.256. The Labute approximate surface area is 157 Å². The lowest BCUT2D eigenvalue weighted by atomic mass is 10.0. The summed E-state index contributed by atoms with van der Waals surface area (Å²) in [5.41, 5.74) is 7.27. The number of likely N-dealkylation sites (N-methyl/N-ethyl adjacent to an activating group) is 1. The molecule has 144 valence electrons. The van der Waals surface area contributed by atoms with E-state index < -0.39 is 23.8 Å². The first-order valence-corrected chi connectivity index (χ1v) is 9.14. The normalized spacial score (nSPS) is 20.9. The average Bonchev–Trinajstić information content (AvgIpc) is 2.86. The molecule has 8 heteroatoms. The van der Waals surface area contributed by atoms with Crippen LogP contribution in [0.15, 0.2) is 18.2 Å². The smallest absolute Gasteiger partial charge is 0.262 e. The van der Waals surface area contributed by atoms with Crippen LogP contribution in [0.5, 0.6) is 0 Å². The number of imide groups is 2. The maximum Gasteiger partial charge on any atom is 0.262 e. The Morgan fingerprint density at radius 3 is 2.63 bits per heavy atom. The van der Waals surface area contributed by atoms with Gasteiger partial charge in [0.2, 0.25) is 11.8 Å². The molecule has 0 aromatic heterocycles. The Hall–Kier alpha value is -2.58. The van der Waals surface area contributed by atoms with Crippen molar-refractivity contribution in [3.05, 3.63) is 34.9 Å². The number of hydrogen-bond donors (Lipinski definition) is 2. The van der Waals surface area contributed by atoms with Gasteiger partial charge in [-0.1, -0.05) is 19.1 Å². The van der Waals surface area contributed by atoms with Gasteiger partial charge in [-0.25, -0.2) is 0 Å². The number of nitrogens with two attached hydrogens (primary N) is 1. The standard InChI is InChI=1S/C19H24N4O4/c1-3-22(9-11(2)20)10-12-5-4-6-13-16(12)19(27)23(18(13)26)14-7-8-15(24)21-17(14)25/h4-6,11,14H,3,7-10,20H2,1-2H3,(H,21,24,25)/t11-,14?/m1/s1. The molecule has 0 aliphatic carbocycles. The number of nitrogens with zero attached hydrogens (tertiary/aromatic N) is 2. The zero-order valence-corrected chi connectivity index (χ0v) is 15.5. The van der Waals surface area contributed by atoms with E-state index in [4.69, 9.17) is 5.73 Å². The summed E-state index contributed by atoms with van der Waals surface area (Å²) in [7, 11) is 0. The largest absolute Gasteiger partial charge is 0.327 e. The maximum absolute atomic E-state index is 13.0. The number of amides is 4. The fourth-order valence-electron chi connectivity index (χ4n) is 3.67. The van der Waals surface area contributed by atoms with Crippen LogP contribution < -0.4 is 11.1 Å². The van der Waals surface area contributed by atoms with Crippen molar-refractivity contribution in [2.24, 2.45) is 5.73 Å². The maximum atomic E-state index is 13.0. The number of benzene rings is 1. The molecule has 0 spiro atoms. The second-order valence-corrected chi connectivity index (χ2v) is 7.09. The minimum Gasteiger partial charge on any atom is -0.327 e. The predicted molar refractivity (Wildman–Crippen MR) is 97.7 cm³/mol. The summed E-state index contributed by atoms with van der Waals surface area (Å²) < 4.78 is 0. The molecule has 1 aromatic rings. The van der Waals surface area contributed by atoms with E-state index in [1.54, 1.807) is 12.1 Å². The van der Waals surface area contributed by atoms with E-state index in [1.165, 1.54) is 0 Å². The molecule has 2 aliphatic heterocycles. The van der Waals surface area contributed by atoms with Gasteiger partial charge in [0.25, 0.3) is 11.8 Å². The summed E-state index contributed by atoms with van der Waals surface area (Å²) in [5, 5.41) is 2.21. The van der Waals surface area contributed by atoms with E-state index in [1.807, 2.05) is 19.9 Å². The molecule has 2 aliphatic rings. The van der Waals surface area contributed by atoms with Crippen molar-refractivity contribution in [2.45, 2.75) is 45.3 Å². The third-order valence-corrected chi connectivity index (χ3v) is 4.94. The van der Waals surface area contributed by atoms with E-state index in [0.29, 0.717) is 24.2 Å². The minimum atomic E-state index is -0.950. The first kappa shape index (κ1) is 19.2. The highest BCUT2D eigenvalue weighted by atomic mass is 16.2. The molecule has 0 saturated carbocycles. The van der Waals surface area contributed by atoms with Crippen molar-refractivity contribution in [1.29, 1.82) is 0 Å². The van der Waals surface area contributed by atoms with Gasteiger partial charge in [-0.2, -0.15) is 0 Å². The van der Waals surface area contributed by atoms with Crippen molar-refractivity contribution in [3.63, 3.8) is 0 Å². The Morgan fingerprint density at radius 2 is 2.00 bits per heavy atom. The number of carbonyl (C=O) groups is 4. The van der Waals surface area contributed by atoms with Crippen LogP contribution in [0, 0.1) is 0 Å². The Bertz CT molecular complexity index is 805. The second-order valence-electron chi connectivity index (χ2n) is 7.09. The molecule has 3 N–H and O–H groups in total. The topological polar surface area (TPSA) is 113 Å². The first-order valence-electron chi connectivity index (χ1n) is 9.14. The van der Waals surface area contributed by atoms with Crippen molar-refractivity contribution < 1.29 is 19.2 Å². The van der Waals surface area contributed by atoms with Crippen LogP contribution in [0.25, 0.3) is 0 Å². The molecule has 1 aromatic carbocycles. The van der Waals surface area contributed by atoms with Crippen LogP contribution in [-0.2, 0) is 16.1 Å². The molecule has 0 bridgehead atoms. The lowest BCUT2D eigenvalue weighted by molar-refractivity contribution is -0.136. The molecule has 1 saturated heterocycles. The summed E-state index contributed by atoms with van der Waals surface area (Å²) in [4.78, 5) is 52.5. The van der Waals surface area contributed by atoms with Crippen LogP contribution in [0.3, 0.4) is 0 Å². The van der Waals surface area contributed by atoms with Crippen LogP contribution in [0.2, 0.25) is 0 Å². The van der Waals surface area contributed by atoms with Crippen LogP contribution in [0.4, 0.5) is 0 Å². The van der Waals surface area contributed by atoms with Gasteiger partial charge in [-0.05, 0) is 31.5 Å². The van der Waals surface area contributed by atoms with Gasteiger partial charge >= 0.3 is 0 Å². The third-order valence-electron chi connectivity index (χ3n) is 4.94. The Morgan fingerprint density at radius 1 is 1.26 bits per heavy atom. The molecule has 8 nitrogen and oxygen atoms in total. The number of piperidine rings is 1. The van der Waals surface area contributed by atoms with E-state index >= 15 is 0 Å². The van der Waals surface area contributed by atoms with Crippen molar-refractivity contribution >= 4 is 23.6 Å². The van der Waals surface area contributed by atoms with Gasteiger partial charge in [-0.15, -0.1) is 0 Å². The molecule has 1 fully saturated rings. The van der Waals surface area contributed by atoms with Gasteiger partial charge in [-0.3, -0.25) is 34.3 Å². The summed E-state index contributed by atoms with van der Waals surface area (Å²) >= 11 is 0. The van der Waals surface area contributed by atoms with Crippen molar-refractivity contribution in [3.8, 4) is 0 Å². The van der Waals surface area contributed by atoms with Gasteiger partial charge in [0.1, 0.15) is 6.04 Å². The van der Waals surface area contributed by atoms with E-state index in [2.05, 4.69) is 10.2 Å². The van der Waals surface area contributed by atoms with Gasteiger partial charge in [0.15, 0.2) is 0 Å². The SMILES string of the molecule is CCN(Cc1cccc2c1C(=O)N(C1CCC(=O)NC1=O)C2=O)C[C@@H](C)N.